The topological polar surface area (TPSA) is 118 Å². The van der Waals surface area contributed by atoms with E-state index in [0.29, 0.717) is 0 Å². The Hall–Kier alpha value is -3.24. The molecular formula is C24H22BrN3O5S. The Morgan fingerprint density at radius 1 is 1.09 bits per heavy atom. The fourth-order valence-corrected chi connectivity index (χ4v) is 5.14. The number of hydrogen-bond acceptors (Lipinski definition) is 6. The molecule has 0 radical (unpaired) electrons. The van der Waals surface area contributed by atoms with Crippen molar-refractivity contribution in [2.24, 2.45) is 0 Å². The van der Waals surface area contributed by atoms with Crippen LogP contribution in [0.1, 0.15) is 34.8 Å². The molecule has 2 aromatic carbocycles. The van der Waals surface area contributed by atoms with Gasteiger partial charge in [-0.3, -0.25) is 9.59 Å². The SMILES string of the molecule is O=C(O)CCC(NC(=O)OCC1c2ccccc2-c2ccccc21)C(=O)NCc1sncc1Br. The first-order valence-electron chi connectivity index (χ1n) is 10.6. The van der Waals surface area contributed by atoms with Gasteiger partial charge in [-0.25, -0.2) is 4.79 Å². The van der Waals surface area contributed by atoms with E-state index in [0.717, 1.165) is 31.6 Å². The molecule has 1 aliphatic carbocycles. The summed E-state index contributed by atoms with van der Waals surface area (Å²) in [6.07, 6.45) is 0.524. The Kier molecular flexibility index (Phi) is 7.59. The zero-order chi connectivity index (χ0) is 24.1. The molecule has 0 saturated carbocycles. The van der Waals surface area contributed by atoms with Gasteiger partial charge in [-0.05, 0) is 56.1 Å². The third kappa shape index (κ3) is 5.45. The van der Waals surface area contributed by atoms with Crippen molar-refractivity contribution >= 4 is 45.4 Å². The van der Waals surface area contributed by atoms with E-state index in [1.807, 2.05) is 48.5 Å². The molecule has 1 aliphatic rings. The highest BCUT2D eigenvalue weighted by molar-refractivity contribution is 9.10. The number of fused-ring (bicyclic) bond motifs is 3. The number of aromatic nitrogens is 1. The number of carboxylic acids is 1. The Morgan fingerprint density at radius 2 is 1.74 bits per heavy atom. The molecule has 176 valence electrons. The van der Waals surface area contributed by atoms with Crippen LogP contribution in [0.15, 0.2) is 59.2 Å². The summed E-state index contributed by atoms with van der Waals surface area (Å²) in [6.45, 7) is 0.307. The number of carbonyl (C=O) groups is 3. The number of hydrogen-bond donors (Lipinski definition) is 3. The van der Waals surface area contributed by atoms with E-state index in [4.69, 9.17) is 9.84 Å². The third-order valence-corrected chi connectivity index (χ3v) is 7.36. The van der Waals surface area contributed by atoms with Crippen LogP contribution < -0.4 is 10.6 Å². The standard InChI is InChI=1S/C24H22BrN3O5S/c25-19-11-27-34-21(19)12-26-23(31)20(9-10-22(29)30)28-24(32)33-13-18-16-7-3-1-5-14(16)15-6-2-4-8-17(15)18/h1-8,11,18,20H,9-10,12-13H2,(H,26,31)(H,28,32)(H,29,30). The maximum atomic E-state index is 12.7. The van der Waals surface area contributed by atoms with Gasteiger partial charge in [0.1, 0.15) is 12.6 Å². The monoisotopic (exact) mass is 543 g/mol. The highest BCUT2D eigenvalue weighted by atomic mass is 79.9. The molecule has 1 heterocycles. The van der Waals surface area contributed by atoms with Crippen LogP contribution in [0.2, 0.25) is 0 Å². The fraction of sp³-hybridized carbons (Fsp3) is 0.250. The van der Waals surface area contributed by atoms with Gasteiger partial charge < -0.3 is 20.5 Å². The van der Waals surface area contributed by atoms with Gasteiger partial charge >= 0.3 is 12.1 Å². The van der Waals surface area contributed by atoms with Crippen molar-refractivity contribution in [1.29, 1.82) is 0 Å². The zero-order valence-corrected chi connectivity index (χ0v) is 20.4. The van der Waals surface area contributed by atoms with E-state index in [9.17, 15) is 14.4 Å². The predicted molar refractivity (Wildman–Crippen MR) is 131 cm³/mol. The van der Waals surface area contributed by atoms with Crippen molar-refractivity contribution in [3.8, 4) is 11.1 Å². The Bertz CT molecular complexity index is 1170. The molecule has 0 bridgehead atoms. The van der Waals surface area contributed by atoms with Crippen molar-refractivity contribution < 1.29 is 24.2 Å². The van der Waals surface area contributed by atoms with E-state index in [1.54, 1.807) is 6.20 Å². The molecule has 0 spiro atoms. The predicted octanol–water partition coefficient (Wildman–Crippen LogP) is 4.29. The molecule has 10 heteroatoms. The number of carboxylic acid groups (broad SMARTS) is 1. The number of halogens is 1. The normalized spacial score (nSPS) is 13.0. The Balaban J connectivity index is 1.39. The molecule has 3 N–H and O–H groups in total. The number of alkyl carbamates (subject to hydrolysis) is 1. The minimum Gasteiger partial charge on any atom is -0.481 e. The van der Waals surface area contributed by atoms with E-state index in [2.05, 4.69) is 30.9 Å². The number of aliphatic carboxylic acids is 1. The van der Waals surface area contributed by atoms with E-state index < -0.39 is 24.0 Å². The lowest BCUT2D eigenvalue weighted by molar-refractivity contribution is -0.137. The summed E-state index contributed by atoms with van der Waals surface area (Å²) in [5, 5.41) is 14.3. The summed E-state index contributed by atoms with van der Waals surface area (Å²) in [5.41, 5.74) is 4.37. The highest BCUT2D eigenvalue weighted by Crippen LogP contribution is 2.44. The lowest BCUT2D eigenvalue weighted by Crippen LogP contribution is -2.47. The van der Waals surface area contributed by atoms with E-state index in [-0.39, 0.29) is 31.9 Å². The van der Waals surface area contributed by atoms with Gasteiger partial charge in [-0.15, -0.1) is 0 Å². The molecule has 8 nitrogen and oxygen atoms in total. The Morgan fingerprint density at radius 3 is 2.32 bits per heavy atom. The van der Waals surface area contributed by atoms with Crippen molar-refractivity contribution in [3.63, 3.8) is 0 Å². The summed E-state index contributed by atoms with van der Waals surface area (Å²) in [5.74, 6) is -1.67. The van der Waals surface area contributed by atoms with Gasteiger partial charge in [0.2, 0.25) is 5.91 Å². The maximum Gasteiger partial charge on any atom is 0.407 e. The summed E-state index contributed by atoms with van der Waals surface area (Å²) < 4.78 is 10.3. The molecule has 3 aromatic rings. The van der Waals surface area contributed by atoms with E-state index >= 15 is 0 Å². The van der Waals surface area contributed by atoms with Crippen molar-refractivity contribution in [2.45, 2.75) is 31.3 Å². The van der Waals surface area contributed by atoms with Crippen molar-refractivity contribution in [3.05, 3.63) is 75.2 Å². The van der Waals surface area contributed by atoms with E-state index in [1.165, 1.54) is 11.5 Å². The summed E-state index contributed by atoms with van der Waals surface area (Å²) in [7, 11) is 0. The minimum atomic E-state index is -1.06. The highest BCUT2D eigenvalue weighted by Gasteiger charge is 2.30. The molecule has 0 fully saturated rings. The Labute approximate surface area is 208 Å². The van der Waals surface area contributed by atoms with Crippen LogP contribution in [0, 0.1) is 0 Å². The summed E-state index contributed by atoms with van der Waals surface area (Å²) >= 11 is 4.58. The lowest BCUT2D eigenvalue weighted by Gasteiger charge is -2.19. The van der Waals surface area contributed by atoms with Crippen LogP contribution in [0.25, 0.3) is 11.1 Å². The fourth-order valence-electron chi connectivity index (χ4n) is 3.98. The molecule has 4 rings (SSSR count). The molecule has 1 unspecified atom stereocenters. The van der Waals surface area contributed by atoms with Gasteiger partial charge in [0.15, 0.2) is 0 Å². The molecule has 0 aliphatic heterocycles. The second kappa shape index (κ2) is 10.8. The number of nitrogens with one attached hydrogen (secondary N) is 2. The molecule has 34 heavy (non-hydrogen) atoms. The first kappa shape index (κ1) is 23.9. The number of nitrogens with zero attached hydrogens (tertiary/aromatic N) is 1. The average Bonchev–Trinajstić information content (AvgIpc) is 3.39. The van der Waals surface area contributed by atoms with Gasteiger partial charge in [0.05, 0.1) is 22.1 Å². The van der Waals surface area contributed by atoms with Crippen LogP contribution >= 0.6 is 27.5 Å². The molecule has 1 aromatic heterocycles. The second-order valence-corrected chi connectivity index (χ2v) is 9.51. The summed E-state index contributed by atoms with van der Waals surface area (Å²) in [6, 6.07) is 14.9. The maximum absolute atomic E-state index is 12.7. The number of amides is 2. The molecule has 2 amide bonds. The van der Waals surface area contributed by atoms with Crippen LogP contribution in [-0.2, 0) is 20.9 Å². The van der Waals surface area contributed by atoms with Gasteiger partial charge in [0, 0.05) is 12.3 Å². The number of carbonyl (C=O) groups excluding carboxylic acids is 2. The van der Waals surface area contributed by atoms with Gasteiger partial charge in [-0.2, -0.15) is 4.37 Å². The molecule has 0 saturated heterocycles. The number of benzene rings is 2. The quantitative estimate of drug-likeness (QED) is 0.370. The summed E-state index contributed by atoms with van der Waals surface area (Å²) in [4.78, 5) is 37.1. The van der Waals surface area contributed by atoms with Gasteiger partial charge in [0.25, 0.3) is 0 Å². The second-order valence-electron chi connectivity index (χ2n) is 7.77. The van der Waals surface area contributed by atoms with Crippen molar-refractivity contribution in [1.82, 2.24) is 15.0 Å². The third-order valence-electron chi connectivity index (χ3n) is 5.62. The lowest BCUT2D eigenvalue weighted by atomic mass is 9.98. The first-order chi connectivity index (χ1) is 16.4. The minimum absolute atomic E-state index is 0.0603. The zero-order valence-electron chi connectivity index (χ0n) is 18.0. The molecular weight excluding hydrogens is 522 g/mol. The van der Waals surface area contributed by atoms with Crippen LogP contribution in [0.4, 0.5) is 4.79 Å². The number of rotatable bonds is 9. The average molecular weight is 544 g/mol. The largest absolute Gasteiger partial charge is 0.481 e. The molecule has 1 atom stereocenters. The smallest absolute Gasteiger partial charge is 0.407 e. The first-order valence-corrected chi connectivity index (χ1v) is 12.2. The van der Waals surface area contributed by atoms with Crippen LogP contribution in [0.5, 0.6) is 0 Å². The number of ether oxygens (including phenoxy) is 1. The van der Waals surface area contributed by atoms with Gasteiger partial charge in [-0.1, -0.05) is 48.5 Å². The van der Waals surface area contributed by atoms with Crippen molar-refractivity contribution in [2.75, 3.05) is 6.61 Å². The van der Waals surface area contributed by atoms with Crippen LogP contribution in [-0.4, -0.2) is 40.1 Å². The van der Waals surface area contributed by atoms with Crippen LogP contribution in [0.3, 0.4) is 0 Å².